The van der Waals surface area contributed by atoms with Gasteiger partial charge in [0.1, 0.15) is 0 Å². The SMILES string of the molecule is CCC=CC(C)=C1CCC(NCCC)CC1C. The molecule has 17 heavy (non-hydrogen) atoms. The molecule has 0 aromatic rings. The highest BCUT2D eigenvalue weighted by atomic mass is 14.9. The first-order valence-corrected chi connectivity index (χ1v) is 7.28. The van der Waals surface area contributed by atoms with E-state index in [9.17, 15) is 0 Å². The molecule has 98 valence electrons. The number of nitrogens with one attached hydrogen (secondary N) is 1. The summed E-state index contributed by atoms with van der Waals surface area (Å²) < 4.78 is 0. The summed E-state index contributed by atoms with van der Waals surface area (Å²) >= 11 is 0. The molecule has 1 saturated carbocycles. The van der Waals surface area contributed by atoms with Crippen LogP contribution in [0.3, 0.4) is 0 Å². The molecule has 0 radical (unpaired) electrons. The van der Waals surface area contributed by atoms with Gasteiger partial charge in [-0.15, -0.1) is 0 Å². The van der Waals surface area contributed by atoms with Crippen LogP contribution in [0.25, 0.3) is 0 Å². The number of allylic oxidation sites excluding steroid dienone is 4. The van der Waals surface area contributed by atoms with Crippen LogP contribution in [0.2, 0.25) is 0 Å². The predicted molar refractivity (Wildman–Crippen MR) is 77.2 cm³/mol. The Hall–Kier alpha value is -0.560. The Morgan fingerprint density at radius 1 is 1.41 bits per heavy atom. The Bertz CT molecular complexity index is 275. The summed E-state index contributed by atoms with van der Waals surface area (Å²) in [5.41, 5.74) is 3.19. The predicted octanol–water partition coefficient (Wildman–Crippen LogP) is 4.46. The Kier molecular flexibility index (Phi) is 6.57. The number of hydrogen-bond donors (Lipinski definition) is 1. The molecule has 0 aliphatic heterocycles. The van der Waals surface area contributed by atoms with Gasteiger partial charge in [0.15, 0.2) is 0 Å². The quantitative estimate of drug-likeness (QED) is 0.742. The maximum Gasteiger partial charge on any atom is 0.00757 e. The molecule has 0 heterocycles. The molecule has 0 bridgehead atoms. The van der Waals surface area contributed by atoms with Crippen molar-refractivity contribution in [1.82, 2.24) is 5.32 Å². The van der Waals surface area contributed by atoms with Crippen LogP contribution in [0.15, 0.2) is 23.3 Å². The topological polar surface area (TPSA) is 12.0 Å². The molecule has 1 N–H and O–H groups in total. The summed E-state index contributed by atoms with van der Waals surface area (Å²) in [6.45, 7) is 10.3. The Balaban J connectivity index is 2.55. The first-order valence-electron chi connectivity index (χ1n) is 7.28. The lowest BCUT2D eigenvalue weighted by atomic mass is 9.80. The summed E-state index contributed by atoms with van der Waals surface area (Å²) in [6.07, 6.45) is 10.9. The van der Waals surface area contributed by atoms with Crippen molar-refractivity contribution < 1.29 is 0 Å². The van der Waals surface area contributed by atoms with Gasteiger partial charge >= 0.3 is 0 Å². The van der Waals surface area contributed by atoms with E-state index in [4.69, 9.17) is 0 Å². The second kappa shape index (κ2) is 7.71. The van der Waals surface area contributed by atoms with Gasteiger partial charge < -0.3 is 5.32 Å². The van der Waals surface area contributed by atoms with E-state index < -0.39 is 0 Å². The van der Waals surface area contributed by atoms with Gasteiger partial charge in [0.05, 0.1) is 0 Å². The summed E-state index contributed by atoms with van der Waals surface area (Å²) in [4.78, 5) is 0. The van der Waals surface area contributed by atoms with Crippen LogP contribution in [0.5, 0.6) is 0 Å². The summed E-state index contributed by atoms with van der Waals surface area (Å²) in [5.74, 6) is 0.750. The van der Waals surface area contributed by atoms with Gasteiger partial charge in [-0.2, -0.15) is 0 Å². The lowest BCUT2D eigenvalue weighted by molar-refractivity contribution is 0.361. The van der Waals surface area contributed by atoms with Crippen LogP contribution in [0, 0.1) is 5.92 Å². The molecule has 1 aliphatic carbocycles. The van der Waals surface area contributed by atoms with Gasteiger partial charge in [0.2, 0.25) is 0 Å². The zero-order valence-corrected chi connectivity index (χ0v) is 12.1. The lowest BCUT2D eigenvalue weighted by Gasteiger charge is -2.31. The van der Waals surface area contributed by atoms with Crippen LogP contribution in [0.4, 0.5) is 0 Å². The van der Waals surface area contributed by atoms with Crippen LogP contribution >= 0.6 is 0 Å². The molecule has 0 amide bonds. The molecule has 1 rings (SSSR count). The maximum absolute atomic E-state index is 3.66. The van der Waals surface area contributed by atoms with Crippen molar-refractivity contribution in [3.63, 3.8) is 0 Å². The molecule has 1 nitrogen and oxygen atoms in total. The van der Waals surface area contributed by atoms with Crippen molar-refractivity contribution in [2.45, 2.75) is 65.8 Å². The van der Waals surface area contributed by atoms with Crippen LogP contribution in [-0.2, 0) is 0 Å². The molecular weight excluding hydrogens is 206 g/mol. The average molecular weight is 235 g/mol. The number of hydrogen-bond acceptors (Lipinski definition) is 1. The molecule has 0 aromatic carbocycles. The molecule has 0 aromatic heterocycles. The first-order chi connectivity index (χ1) is 8.19. The summed E-state index contributed by atoms with van der Waals surface area (Å²) in [5, 5.41) is 3.66. The van der Waals surface area contributed by atoms with Gasteiger partial charge in [0.25, 0.3) is 0 Å². The molecular formula is C16H29N. The van der Waals surface area contributed by atoms with Crippen LogP contribution in [0.1, 0.15) is 59.8 Å². The highest BCUT2D eigenvalue weighted by Crippen LogP contribution is 2.32. The van der Waals surface area contributed by atoms with Gasteiger partial charge in [-0.3, -0.25) is 0 Å². The summed E-state index contributed by atoms with van der Waals surface area (Å²) in [7, 11) is 0. The van der Waals surface area contributed by atoms with Crippen molar-refractivity contribution in [3.05, 3.63) is 23.3 Å². The second-order valence-corrected chi connectivity index (χ2v) is 5.35. The Labute approximate surface area is 107 Å². The van der Waals surface area contributed by atoms with E-state index in [0.717, 1.165) is 18.4 Å². The van der Waals surface area contributed by atoms with Gasteiger partial charge in [-0.1, -0.05) is 44.1 Å². The normalized spacial score (nSPS) is 28.7. The minimum Gasteiger partial charge on any atom is -0.314 e. The average Bonchev–Trinajstić information content (AvgIpc) is 2.33. The first kappa shape index (κ1) is 14.5. The minimum absolute atomic E-state index is 0.747. The fourth-order valence-electron chi connectivity index (χ4n) is 2.78. The molecule has 0 saturated heterocycles. The third-order valence-corrected chi connectivity index (χ3v) is 3.79. The third-order valence-electron chi connectivity index (χ3n) is 3.79. The minimum atomic E-state index is 0.747. The van der Waals surface area contributed by atoms with Crippen molar-refractivity contribution >= 4 is 0 Å². The van der Waals surface area contributed by atoms with E-state index in [0.29, 0.717) is 0 Å². The van der Waals surface area contributed by atoms with E-state index in [1.54, 1.807) is 5.57 Å². The highest BCUT2D eigenvalue weighted by molar-refractivity contribution is 5.26. The molecule has 2 unspecified atom stereocenters. The third kappa shape index (κ3) is 4.67. The van der Waals surface area contributed by atoms with E-state index in [1.165, 1.54) is 37.8 Å². The second-order valence-electron chi connectivity index (χ2n) is 5.35. The number of rotatable bonds is 5. The van der Waals surface area contributed by atoms with E-state index in [1.807, 2.05) is 0 Å². The zero-order chi connectivity index (χ0) is 12.7. The van der Waals surface area contributed by atoms with Crippen molar-refractivity contribution in [2.24, 2.45) is 5.92 Å². The fraction of sp³-hybridized carbons (Fsp3) is 0.750. The molecule has 2 atom stereocenters. The molecule has 1 fully saturated rings. The van der Waals surface area contributed by atoms with Gasteiger partial charge in [-0.25, -0.2) is 0 Å². The van der Waals surface area contributed by atoms with E-state index in [-0.39, 0.29) is 0 Å². The van der Waals surface area contributed by atoms with Crippen molar-refractivity contribution in [3.8, 4) is 0 Å². The highest BCUT2D eigenvalue weighted by Gasteiger charge is 2.22. The van der Waals surface area contributed by atoms with Crippen LogP contribution in [-0.4, -0.2) is 12.6 Å². The standard InChI is InChI=1S/C16H29N/c1-5-7-8-13(3)16-10-9-15(12-14(16)4)17-11-6-2/h7-8,14-15,17H,5-6,9-12H2,1-4H3. The molecule has 1 aliphatic rings. The van der Waals surface area contributed by atoms with Gasteiger partial charge in [0, 0.05) is 6.04 Å². The lowest BCUT2D eigenvalue weighted by Crippen LogP contribution is -2.35. The van der Waals surface area contributed by atoms with Crippen molar-refractivity contribution in [2.75, 3.05) is 6.54 Å². The van der Waals surface area contributed by atoms with E-state index in [2.05, 4.69) is 45.2 Å². The molecule has 1 heteroatoms. The monoisotopic (exact) mass is 235 g/mol. The smallest absolute Gasteiger partial charge is 0.00757 e. The Morgan fingerprint density at radius 3 is 2.76 bits per heavy atom. The largest absolute Gasteiger partial charge is 0.314 e. The van der Waals surface area contributed by atoms with E-state index >= 15 is 0 Å². The van der Waals surface area contributed by atoms with Crippen LogP contribution < -0.4 is 5.32 Å². The van der Waals surface area contributed by atoms with Gasteiger partial charge in [-0.05, 0) is 51.5 Å². The maximum atomic E-state index is 3.66. The Morgan fingerprint density at radius 2 is 2.18 bits per heavy atom. The van der Waals surface area contributed by atoms with Crippen molar-refractivity contribution in [1.29, 1.82) is 0 Å². The molecule has 0 spiro atoms. The summed E-state index contributed by atoms with van der Waals surface area (Å²) in [6, 6.07) is 0.747. The fourth-order valence-corrected chi connectivity index (χ4v) is 2.78. The zero-order valence-electron chi connectivity index (χ0n) is 12.1.